The molecule has 2 aromatic carbocycles. The van der Waals surface area contributed by atoms with Gasteiger partial charge in [-0.25, -0.2) is 4.39 Å². The monoisotopic (exact) mass is 344 g/mol. The molecule has 0 saturated heterocycles. The molecule has 5 nitrogen and oxygen atoms in total. The van der Waals surface area contributed by atoms with E-state index in [1.165, 1.54) is 24.9 Å². The molecule has 0 spiro atoms. The smallest absolute Gasteiger partial charge is 0.214 e. The topological polar surface area (TPSA) is 52.8 Å². The fraction of sp³-hybridized carbons (Fsp3) is 0.235. The number of hydrogen-bond donors (Lipinski definition) is 0. The highest BCUT2D eigenvalue weighted by Gasteiger charge is 2.12. The molecule has 0 bridgehead atoms. The van der Waals surface area contributed by atoms with Crippen LogP contribution in [0.25, 0.3) is 5.69 Å². The zero-order chi connectivity index (χ0) is 17.1. The van der Waals surface area contributed by atoms with Gasteiger partial charge in [0, 0.05) is 5.75 Å². The number of nitrogens with zero attached hydrogens (tertiary/aromatic N) is 4. The first-order valence-corrected chi connectivity index (χ1v) is 8.38. The van der Waals surface area contributed by atoms with Crippen LogP contribution in [0.15, 0.2) is 41.6 Å². The molecule has 3 aromatic rings. The number of aryl methyl sites for hydroxylation is 2. The predicted octanol–water partition coefficient (Wildman–Crippen LogP) is 3.72. The van der Waals surface area contributed by atoms with Crippen molar-refractivity contribution in [3.8, 4) is 11.4 Å². The van der Waals surface area contributed by atoms with Crippen LogP contribution < -0.4 is 4.74 Å². The van der Waals surface area contributed by atoms with E-state index in [1.807, 2.05) is 32.0 Å². The van der Waals surface area contributed by atoms with Gasteiger partial charge in [0.1, 0.15) is 0 Å². The van der Waals surface area contributed by atoms with E-state index in [1.54, 1.807) is 10.7 Å². The van der Waals surface area contributed by atoms with Crippen molar-refractivity contribution in [2.24, 2.45) is 0 Å². The van der Waals surface area contributed by atoms with Gasteiger partial charge in [0.15, 0.2) is 11.6 Å². The van der Waals surface area contributed by atoms with E-state index in [2.05, 4.69) is 21.6 Å². The second kappa shape index (κ2) is 7.00. The fourth-order valence-electron chi connectivity index (χ4n) is 2.32. The van der Waals surface area contributed by atoms with E-state index >= 15 is 0 Å². The van der Waals surface area contributed by atoms with Crippen LogP contribution in [0.1, 0.15) is 16.7 Å². The van der Waals surface area contributed by atoms with Crippen LogP contribution in [-0.4, -0.2) is 27.3 Å². The third kappa shape index (κ3) is 3.41. The standard InChI is InChI=1S/C17H17FN4OS/c1-11-4-5-12(2)15(8-11)22-17(19-20-21-22)24-10-13-6-7-16(23-3)14(18)9-13/h4-9H,10H2,1-3H3. The van der Waals surface area contributed by atoms with Gasteiger partial charge in [0.05, 0.1) is 12.8 Å². The first kappa shape index (κ1) is 16.4. The number of halogens is 1. The zero-order valence-electron chi connectivity index (χ0n) is 13.7. The number of ether oxygens (including phenoxy) is 1. The van der Waals surface area contributed by atoms with Crippen molar-refractivity contribution in [3.63, 3.8) is 0 Å². The van der Waals surface area contributed by atoms with E-state index < -0.39 is 0 Å². The molecule has 0 radical (unpaired) electrons. The number of hydrogen-bond acceptors (Lipinski definition) is 5. The van der Waals surface area contributed by atoms with Gasteiger partial charge < -0.3 is 4.74 Å². The quantitative estimate of drug-likeness (QED) is 0.660. The summed E-state index contributed by atoms with van der Waals surface area (Å²) in [5, 5.41) is 12.6. The maximum atomic E-state index is 13.8. The minimum absolute atomic E-state index is 0.240. The lowest BCUT2D eigenvalue weighted by Gasteiger charge is -2.09. The third-order valence-corrected chi connectivity index (χ3v) is 4.61. The largest absolute Gasteiger partial charge is 0.494 e. The lowest BCUT2D eigenvalue weighted by molar-refractivity contribution is 0.386. The Labute approximate surface area is 143 Å². The highest BCUT2D eigenvalue weighted by Crippen LogP contribution is 2.26. The summed E-state index contributed by atoms with van der Waals surface area (Å²) in [6, 6.07) is 11.1. The molecule has 7 heteroatoms. The average molecular weight is 344 g/mol. The predicted molar refractivity (Wildman–Crippen MR) is 91.1 cm³/mol. The molecule has 0 saturated carbocycles. The Kier molecular flexibility index (Phi) is 4.80. The third-order valence-electron chi connectivity index (χ3n) is 3.62. The average Bonchev–Trinajstić information content (AvgIpc) is 3.03. The highest BCUT2D eigenvalue weighted by molar-refractivity contribution is 7.98. The van der Waals surface area contributed by atoms with Crippen LogP contribution in [-0.2, 0) is 5.75 Å². The molecule has 0 aliphatic heterocycles. The minimum atomic E-state index is -0.371. The zero-order valence-corrected chi connectivity index (χ0v) is 14.5. The van der Waals surface area contributed by atoms with Crippen molar-refractivity contribution < 1.29 is 9.13 Å². The molecule has 0 aliphatic rings. The van der Waals surface area contributed by atoms with E-state index in [9.17, 15) is 4.39 Å². The number of thioether (sulfide) groups is 1. The first-order valence-electron chi connectivity index (χ1n) is 7.39. The van der Waals surface area contributed by atoms with Gasteiger partial charge in [0.2, 0.25) is 5.16 Å². The fourth-order valence-corrected chi connectivity index (χ4v) is 3.14. The summed E-state index contributed by atoms with van der Waals surface area (Å²) < 4.78 is 20.4. The first-order chi connectivity index (χ1) is 11.6. The van der Waals surface area contributed by atoms with Crippen molar-refractivity contribution in [2.45, 2.75) is 24.8 Å². The van der Waals surface area contributed by atoms with Crippen molar-refractivity contribution in [1.29, 1.82) is 0 Å². The van der Waals surface area contributed by atoms with Crippen LogP contribution in [0.4, 0.5) is 4.39 Å². The lowest BCUT2D eigenvalue weighted by atomic mass is 10.1. The van der Waals surface area contributed by atoms with Gasteiger partial charge in [-0.15, -0.1) is 5.10 Å². The maximum absolute atomic E-state index is 13.8. The Hall–Kier alpha value is -2.41. The molecule has 0 aliphatic carbocycles. The number of methoxy groups -OCH3 is 1. The minimum Gasteiger partial charge on any atom is -0.494 e. The molecule has 1 aromatic heterocycles. The molecule has 0 atom stereocenters. The summed E-state index contributed by atoms with van der Waals surface area (Å²) in [5.41, 5.74) is 4.02. The molecule has 0 N–H and O–H groups in total. The van der Waals surface area contributed by atoms with E-state index in [0.717, 1.165) is 22.4 Å². The number of tetrazole rings is 1. The Bertz CT molecular complexity index is 866. The van der Waals surface area contributed by atoms with Crippen molar-refractivity contribution in [3.05, 3.63) is 58.9 Å². The van der Waals surface area contributed by atoms with Crippen LogP contribution in [0.2, 0.25) is 0 Å². The normalized spacial score (nSPS) is 10.8. The van der Waals surface area contributed by atoms with Crippen LogP contribution in [0.5, 0.6) is 5.75 Å². The Morgan fingerprint density at radius 1 is 1.17 bits per heavy atom. The van der Waals surface area contributed by atoms with Gasteiger partial charge >= 0.3 is 0 Å². The summed E-state index contributed by atoms with van der Waals surface area (Å²) in [7, 11) is 1.45. The molecule has 0 fully saturated rings. The van der Waals surface area contributed by atoms with E-state index in [-0.39, 0.29) is 11.6 Å². The summed E-state index contributed by atoms with van der Waals surface area (Å²) in [5.74, 6) is 0.431. The molecular formula is C17H17FN4OS. The summed E-state index contributed by atoms with van der Waals surface area (Å²) in [6.07, 6.45) is 0. The van der Waals surface area contributed by atoms with Gasteiger partial charge in [-0.05, 0) is 59.2 Å². The van der Waals surface area contributed by atoms with Crippen LogP contribution in [0, 0.1) is 19.7 Å². The summed E-state index contributed by atoms with van der Waals surface area (Å²) in [6.45, 7) is 4.05. The van der Waals surface area contributed by atoms with Gasteiger partial charge in [-0.1, -0.05) is 30.0 Å². The molecule has 1 heterocycles. The SMILES string of the molecule is COc1ccc(CSc2nnnn2-c2cc(C)ccc2C)cc1F. The van der Waals surface area contributed by atoms with Crippen molar-refractivity contribution >= 4 is 11.8 Å². The Balaban J connectivity index is 1.81. The number of benzene rings is 2. The molecular weight excluding hydrogens is 327 g/mol. The highest BCUT2D eigenvalue weighted by atomic mass is 32.2. The number of aromatic nitrogens is 4. The van der Waals surface area contributed by atoms with Crippen LogP contribution >= 0.6 is 11.8 Å². The Morgan fingerprint density at radius 3 is 2.75 bits per heavy atom. The maximum Gasteiger partial charge on any atom is 0.214 e. The van der Waals surface area contributed by atoms with Gasteiger partial charge in [-0.3, -0.25) is 0 Å². The van der Waals surface area contributed by atoms with Crippen LogP contribution in [0.3, 0.4) is 0 Å². The second-order valence-corrected chi connectivity index (χ2v) is 6.36. The van der Waals surface area contributed by atoms with E-state index in [4.69, 9.17) is 4.74 Å². The lowest BCUT2D eigenvalue weighted by Crippen LogP contribution is -2.02. The second-order valence-electron chi connectivity index (χ2n) is 5.42. The summed E-state index contributed by atoms with van der Waals surface area (Å²) in [4.78, 5) is 0. The summed E-state index contributed by atoms with van der Waals surface area (Å²) >= 11 is 1.46. The van der Waals surface area contributed by atoms with Crippen molar-refractivity contribution in [2.75, 3.05) is 7.11 Å². The number of rotatable bonds is 5. The molecule has 24 heavy (non-hydrogen) atoms. The van der Waals surface area contributed by atoms with Gasteiger partial charge in [0.25, 0.3) is 0 Å². The Morgan fingerprint density at radius 2 is 2.00 bits per heavy atom. The van der Waals surface area contributed by atoms with Gasteiger partial charge in [-0.2, -0.15) is 4.68 Å². The molecule has 124 valence electrons. The van der Waals surface area contributed by atoms with Crippen molar-refractivity contribution in [1.82, 2.24) is 20.2 Å². The molecule has 3 rings (SSSR count). The van der Waals surface area contributed by atoms with E-state index in [0.29, 0.717) is 10.9 Å². The molecule has 0 amide bonds. The molecule has 0 unspecified atom stereocenters.